The standard InChI is InChI=1S/C20H27N3O2S/c1-12-9-15(13(2)22-26(25)20(3,4)5)18-16(10-12)19(24)23(6)17(21-18)11-14-7-8-14/h9-10,14H,7-8,11H2,1-6H3. The van der Waals surface area contributed by atoms with Gasteiger partial charge in [-0.05, 0) is 71.1 Å². The summed E-state index contributed by atoms with van der Waals surface area (Å²) in [5.74, 6) is 1.46. The molecule has 140 valence electrons. The molecule has 1 aromatic carbocycles. The normalized spacial score (nSPS) is 17.0. The molecule has 0 aliphatic heterocycles. The summed E-state index contributed by atoms with van der Waals surface area (Å²) in [6.07, 6.45) is 3.25. The summed E-state index contributed by atoms with van der Waals surface area (Å²) in [4.78, 5) is 17.7. The van der Waals surface area contributed by atoms with Crippen molar-refractivity contribution in [1.82, 2.24) is 9.55 Å². The van der Waals surface area contributed by atoms with E-state index in [0.29, 0.717) is 22.5 Å². The van der Waals surface area contributed by atoms with Crippen LogP contribution in [0.2, 0.25) is 0 Å². The van der Waals surface area contributed by atoms with Crippen LogP contribution in [0.1, 0.15) is 57.5 Å². The first kappa shape index (κ1) is 19.1. The second kappa shape index (κ2) is 6.82. The number of hydrogen-bond donors (Lipinski definition) is 0. The van der Waals surface area contributed by atoms with E-state index in [1.165, 1.54) is 12.8 Å². The van der Waals surface area contributed by atoms with Gasteiger partial charge in [-0.1, -0.05) is 4.40 Å². The monoisotopic (exact) mass is 373 g/mol. The van der Waals surface area contributed by atoms with Crippen LogP contribution in [0, 0.1) is 12.8 Å². The fourth-order valence-corrected chi connectivity index (χ4v) is 3.53. The maximum Gasteiger partial charge on any atom is 0.261 e. The van der Waals surface area contributed by atoms with Crippen LogP contribution in [0.3, 0.4) is 0 Å². The lowest BCUT2D eigenvalue weighted by Crippen LogP contribution is -2.27. The molecule has 5 nitrogen and oxygen atoms in total. The minimum atomic E-state index is -1.35. The van der Waals surface area contributed by atoms with Crippen molar-refractivity contribution in [3.8, 4) is 0 Å². The van der Waals surface area contributed by atoms with Crippen LogP contribution >= 0.6 is 0 Å². The van der Waals surface area contributed by atoms with Gasteiger partial charge in [-0.25, -0.2) is 4.98 Å². The summed E-state index contributed by atoms with van der Waals surface area (Å²) in [7, 11) is 1.80. The van der Waals surface area contributed by atoms with Crippen molar-refractivity contribution in [2.24, 2.45) is 17.4 Å². The van der Waals surface area contributed by atoms with Crippen LogP contribution in [-0.4, -0.2) is 24.6 Å². The van der Waals surface area contributed by atoms with E-state index in [0.717, 1.165) is 23.4 Å². The average molecular weight is 374 g/mol. The number of aryl methyl sites for hydroxylation is 1. The molecule has 0 amide bonds. The Balaban J connectivity index is 2.19. The molecule has 1 fully saturated rings. The van der Waals surface area contributed by atoms with E-state index in [1.54, 1.807) is 11.6 Å². The van der Waals surface area contributed by atoms with E-state index in [4.69, 9.17) is 4.98 Å². The van der Waals surface area contributed by atoms with Crippen molar-refractivity contribution in [2.75, 3.05) is 0 Å². The van der Waals surface area contributed by atoms with Crippen LogP contribution in [0.4, 0.5) is 0 Å². The zero-order chi connectivity index (χ0) is 19.2. The van der Waals surface area contributed by atoms with Crippen LogP contribution in [-0.2, 0) is 24.8 Å². The molecule has 1 aliphatic carbocycles. The van der Waals surface area contributed by atoms with Gasteiger partial charge in [0.05, 0.1) is 16.6 Å². The van der Waals surface area contributed by atoms with E-state index in [9.17, 15) is 9.35 Å². The van der Waals surface area contributed by atoms with Gasteiger partial charge in [0, 0.05) is 19.0 Å². The Morgan fingerprint density at radius 1 is 1.38 bits per heavy atom. The third-order valence-corrected chi connectivity index (χ3v) is 6.21. The Labute approximate surface area is 157 Å². The van der Waals surface area contributed by atoms with Gasteiger partial charge >= 0.3 is 0 Å². The highest BCUT2D eigenvalue weighted by Gasteiger charge is 2.28. The van der Waals surface area contributed by atoms with E-state index < -0.39 is 16.1 Å². The van der Waals surface area contributed by atoms with E-state index in [1.807, 2.05) is 46.8 Å². The van der Waals surface area contributed by atoms with Crippen molar-refractivity contribution in [3.63, 3.8) is 0 Å². The minimum absolute atomic E-state index is 0.0275. The van der Waals surface area contributed by atoms with Crippen LogP contribution in [0.15, 0.2) is 21.3 Å². The molecule has 1 aromatic heterocycles. The zero-order valence-electron chi connectivity index (χ0n) is 16.4. The van der Waals surface area contributed by atoms with Crippen molar-refractivity contribution in [1.29, 1.82) is 0 Å². The predicted octanol–water partition coefficient (Wildman–Crippen LogP) is 3.47. The lowest BCUT2D eigenvalue weighted by atomic mass is 10.0. The van der Waals surface area contributed by atoms with Gasteiger partial charge in [-0.2, -0.15) is 0 Å². The third-order valence-electron chi connectivity index (χ3n) is 4.72. The van der Waals surface area contributed by atoms with E-state index in [2.05, 4.69) is 4.40 Å². The van der Waals surface area contributed by atoms with Crippen molar-refractivity contribution in [2.45, 2.75) is 58.6 Å². The zero-order valence-corrected chi connectivity index (χ0v) is 17.2. The summed E-state index contributed by atoms with van der Waals surface area (Å²) in [6, 6.07) is 3.86. The van der Waals surface area contributed by atoms with Gasteiger partial charge in [-0.15, -0.1) is 0 Å². The highest BCUT2D eigenvalue weighted by molar-refractivity contribution is 7.91. The number of rotatable bonds is 4. The second-order valence-electron chi connectivity index (χ2n) is 8.29. The molecule has 3 rings (SSSR count). The lowest BCUT2D eigenvalue weighted by Gasteiger charge is -2.19. The highest BCUT2D eigenvalue weighted by atomic mass is 32.2. The summed E-state index contributed by atoms with van der Waals surface area (Å²) in [5.41, 5.74) is 3.07. The molecular weight excluding hydrogens is 346 g/mol. The van der Waals surface area contributed by atoms with Gasteiger partial charge < -0.3 is 4.55 Å². The van der Waals surface area contributed by atoms with Gasteiger partial charge in [0.1, 0.15) is 21.9 Å². The molecule has 1 atom stereocenters. The Kier molecular flexibility index (Phi) is 5.01. The first-order valence-corrected chi connectivity index (χ1v) is 10.2. The maximum atomic E-state index is 12.9. The van der Waals surface area contributed by atoms with Crippen molar-refractivity contribution in [3.05, 3.63) is 39.4 Å². The molecule has 6 heteroatoms. The number of fused-ring (bicyclic) bond motifs is 1. The predicted molar refractivity (Wildman–Crippen MR) is 108 cm³/mol. The smallest absolute Gasteiger partial charge is 0.261 e. The Morgan fingerprint density at radius 2 is 2.04 bits per heavy atom. The summed E-state index contributed by atoms with van der Waals surface area (Å²) in [5, 5.41) is 0.595. The topological polar surface area (TPSA) is 70.3 Å². The average Bonchev–Trinajstić information content (AvgIpc) is 3.35. The van der Waals surface area contributed by atoms with E-state index in [-0.39, 0.29) is 5.56 Å². The quantitative estimate of drug-likeness (QED) is 0.609. The fraction of sp³-hybridized carbons (Fsp3) is 0.550. The largest absolute Gasteiger partial charge is 0.591 e. The van der Waals surface area contributed by atoms with Crippen LogP contribution < -0.4 is 5.56 Å². The third kappa shape index (κ3) is 3.86. The molecule has 0 bridgehead atoms. The second-order valence-corrected chi connectivity index (χ2v) is 10.2. The van der Waals surface area contributed by atoms with Crippen LogP contribution in [0.25, 0.3) is 10.9 Å². The molecule has 26 heavy (non-hydrogen) atoms. The van der Waals surface area contributed by atoms with Gasteiger partial charge in [-0.3, -0.25) is 9.36 Å². The fourth-order valence-electron chi connectivity index (χ4n) is 2.91. The van der Waals surface area contributed by atoms with E-state index >= 15 is 0 Å². The Bertz CT molecular complexity index is 937. The molecule has 0 radical (unpaired) electrons. The molecular formula is C20H27N3O2S. The summed E-state index contributed by atoms with van der Waals surface area (Å²) in [6.45, 7) is 9.49. The Hall–Kier alpha value is -1.66. The number of aromatic nitrogens is 2. The highest BCUT2D eigenvalue weighted by Crippen LogP contribution is 2.32. The molecule has 2 aromatic rings. The molecule has 1 heterocycles. The number of hydrogen-bond acceptors (Lipinski definition) is 4. The van der Waals surface area contributed by atoms with Crippen molar-refractivity contribution >= 4 is 28.0 Å². The molecule has 0 N–H and O–H groups in total. The first-order chi connectivity index (χ1) is 12.1. The van der Waals surface area contributed by atoms with Gasteiger partial charge in [0.25, 0.3) is 5.56 Å². The van der Waals surface area contributed by atoms with Crippen LogP contribution in [0.5, 0.6) is 0 Å². The molecule has 1 aliphatic rings. The molecule has 0 saturated heterocycles. The molecule has 0 spiro atoms. The van der Waals surface area contributed by atoms with Crippen molar-refractivity contribution < 1.29 is 4.55 Å². The maximum absolute atomic E-state index is 12.9. The molecule has 1 saturated carbocycles. The Morgan fingerprint density at radius 3 is 2.62 bits per heavy atom. The number of benzene rings is 1. The number of nitrogens with zero attached hydrogens (tertiary/aromatic N) is 3. The minimum Gasteiger partial charge on any atom is -0.591 e. The van der Waals surface area contributed by atoms with Gasteiger partial charge in [0.2, 0.25) is 0 Å². The SMILES string of the molecule is CC(=N[S+]([O-])C(C)(C)C)c1cc(C)cc2c(=O)n(C)c(CC3CC3)nc12. The summed E-state index contributed by atoms with van der Waals surface area (Å²) >= 11 is -1.35. The first-order valence-electron chi connectivity index (χ1n) is 9.06. The lowest BCUT2D eigenvalue weighted by molar-refractivity contribution is 0.561. The van der Waals surface area contributed by atoms with Gasteiger partial charge in [0.15, 0.2) is 0 Å². The summed E-state index contributed by atoms with van der Waals surface area (Å²) < 4.78 is 18.1. The molecule has 1 unspecified atom stereocenters.